The van der Waals surface area contributed by atoms with Crippen LogP contribution >= 0.6 is 11.6 Å². The van der Waals surface area contributed by atoms with E-state index in [2.05, 4.69) is 5.92 Å². The van der Waals surface area contributed by atoms with Gasteiger partial charge in [0.1, 0.15) is 5.75 Å². The number of benzene rings is 1. The molecule has 0 aromatic heterocycles. The molecule has 1 saturated heterocycles. The number of amides is 1. The second-order valence-electron chi connectivity index (χ2n) is 3.89. The summed E-state index contributed by atoms with van der Waals surface area (Å²) < 4.78 is 5.06. The van der Waals surface area contributed by atoms with Crippen LogP contribution < -0.4 is 9.64 Å². The van der Waals surface area contributed by atoms with Crippen molar-refractivity contribution in [1.29, 1.82) is 0 Å². The SMILES string of the molecule is C#CC1CC(=O)N(c2ccc(OC)cc2Cl)C1. The molecule has 1 aromatic carbocycles. The van der Waals surface area contributed by atoms with Crippen molar-refractivity contribution in [3.8, 4) is 18.1 Å². The van der Waals surface area contributed by atoms with E-state index in [0.29, 0.717) is 29.4 Å². The van der Waals surface area contributed by atoms with Gasteiger partial charge >= 0.3 is 0 Å². The highest BCUT2D eigenvalue weighted by atomic mass is 35.5. The van der Waals surface area contributed by atoms with E-state index in [1.165, 1.54) is 0 Å². The predicted octanol–water partition coefficient (Wildman–Crippen LogP) is 2.33. The van der Waals surface area contributed by atoms with Gasteiger partial charge in [-0.05, 0) is 12.1 Å². The summed E-state index contributed by atoms with van der Waals surface area (Å²) in [6.45, 7) is 0.529. The van der Waals surface area contributed by atoms with Crippen LogP contribution in [0.1, 0.15) is 6.42 Å². The van der Waals surface area contributed by atoms with Crippen LogP contribution in [0.15, 0.2) is 18.2 Å². The molecule has 4 heteroatoms. The molecule has 1 atom stereocenters. The Morgan fingerprint density at radius 2 is 2.35 bits per heavy atom. The molecular formula is C13H12ClNO2. The Kier molecular flexibility index (Phi) is 3.26. The monoisotopic (exact) mass is 249 g/mol. The van der Waals surface area contributed by atoms with Crippen molar-refractivity contribution >= 4 is 23.2 Å². The number of carbonyl (C=O) groups is 1. The summed E-state index contributed by atoms with van der Waals surface area (Å²) in [4.78, 5) is 13.4. The van der Waals surface area contributed by atoms with Crippen molar-refractivity contribution in [1.82, 2.24) is 0 Å². The zero-order chi connectivity index (χ0) is 12.4. The molecular weight excluding hydrogens is 238 g/mol. The topological polar surface area (TPSA) is 29.5 Å². The fraction of sp³-hybridized carbons (Fsp3) is 0.308. The van der Waals surface area contributed by atoms with Gasteiger partial charge in [0.2, 0.25) is 5.91 Å². The molecule has 0 bridgehead atoms. The number of carbonyl (C=O) groups excluding carboxylic acids is 1. The molecule has 2 rings (SSSR count). The minimum absolute atomic E-state index is 0.0139. The number of ether oxygens (including phenoxy) is 1. The summed E-state index contributed by atoms with van der Waals surface area (Å²) in [7, 11) is 1.57. The van der Waals surface area contributed by atoms with Crippen molar-refractivity contribution in [2.45, 2.75) is 6.42 Å². The molecule has 88 valence electrons. The van der Waals surface area contributed by atoms with E-state index >= 15 is 0 Å². The van der Waals surface area contributed by atoms with Gasteiger partial charge in [0, 0.05) is 24.9 Å². The molecule has 1 amide bonds. The van der Waals surface area contributed by atoms with Crippen molar-refractivity contribution in [2.24, 2.45) is 5.92 Å². The molecule has 1 unspecified atom stereocenters. The summed E-state index contributed by atoms with van der Waals surface area (Å²) in [5.74, 6) is 3.26. The summed E-state index contributed by atoms with van der Waals surface area (Å²) >= 11 is 6.12. The quantitative estimate of drug-likeness (QED) is 0.753. The van der Waals surface area contributed by atoms with Crippen LogP contribution in [-0.4, -0.2) is 19.6 Å². The molecule has 0 spiro atoms. The van der Waals surface area contributed by atoms with Gasteiger partial charge in [-0.25, -0.2) is 0 Å². The van der Waals surface area contributed by atoms with Gasteiger partial charge in [-0.3, -0.25) is 4.79 Å². The van der Waals surface area contributed by atoms with Crippen LogP contribution in [-0.2, 0) is 4.79 Å². The van der Waals surface area contributed by atoms with Crippen molar-refractivity contribution < 1.29 is 9.53 Å². The van der Waals surface area contributed by atoms with Crippen LogP contribution in [0, 0.1) is 18.3 Å². The molecule has 1 aliphatic heterocycles. The highest BCUT2D eigenvalue weighted by molar-refractivity contribution is 6.34. The van der Waals surface area contributed by atoms with E-state index in [4.69, 9.17) is 22.8 Å². The maximum atomic E-state index is 11.8. The molecule has 1 aliphatic rings. The van der Waals surface area contributed by atoms with E-state index in [-0.39, 0.29) is 11.8 Å². The van der Waals surface area contributed by atoms with Gasteiger partial charge in [0.05, 0.1) is 17.8 Å². The molecule has 1 heterocycles. The minimum atomic E-state index is -0.0272. The Morgan fingerprint density at radius 3 is 2.88 bits per heavy atom. The van der Waals surface area contributed by atoms with Gasteiger partial charge in [0.15, 0.2) is 0 Å². The fourth-order valence-corrected chi connectivity index (χ4v) is 2.16. The smallest absolute Gasteiger partial charge is 0.228 e. The average Bonchev–Trinajstić information content (AvgIpc) is 2.70. The largest absolute Gasteiger partial charge is 0.497 e. The first-order chi connectivity index (χ1) is 8.15. The fourth-order valence-electron chi connectivity index (χ4n) is 1.89. The highest BCUT2D eigenvalue weighted by Gasteiger charge is 2.30. The first-order valence-electron chi connectivity index (χ1n) is 5.25. The number of anilines is 1. The summed E-state index contributed by atoms with van der Waals surface area (Å²) in [5, 5.41) is 0.496. The zero-order valence-corrected chi connectivity index (χ0v) is 10.2. The van der Waals surface area contributed by atoms with Crippen molar-refractivity contribution in [3.63, 3.8) is 0 Å². The lowest BCUT2D eigenvalue weighted by atomic mass is 10.1. The van der Waals surface area contributed by atoms with Crippen molar-refractivity contribution in [2.75, 3.05) is 18.6 Å². The van der Waals surface area contributed by atoms with E-state index < -0.39 is 0 Å². The van der Waals surface area contributed by atoms with Gasteiger partial charge < -0.3 is 9.64 Å². The standard InChI is InChI=1S/C13H12ClNO2/c1-3-9-6-13(16)15(8-9)12-5-4-10(17-2)7-11(12)14/h1,4-5,7,9H,6,8H2,2H3. The van der Waals surface area contributed by atoms with E-state index in [9.17, 15) is 4.79 Å². The lowest BCUT2D eigenvalue weighted by Crippen LogP contribution is -2.24. The Morgan fingerprint density at radius 1 is 1.59 bits per heavy atom. The normalized spacial score (nSPS) is 19.2. The molecule has 1 aromatic rings. The predicted molar refractivity (Wildman–Crippen MR) is 67.3 cm³/mol. The minimum Gasteiger partial charge on any atom is -0.497 e. The van der Waals surface area contributed by atoms with E-state index in [0.717, 1.165) is 0 Å². The molecule has 0 N–H and O–H groups in total. The summed E-state index contributed by atoms with van der Waals surface area (Å²) in [6, 6.07) is 5.24. The zero-order valence-electron chi connectivity index (χ0n) is 9.44. The number of nitrogens with zero attached hydrogens (tertiary/aromatic N) is 1. The van der Waals surface area contributed by atoms with Crippen LogP contribution in [0.5, 0.6) is 5.75 Å². The maximum Gasteiger partial charge on any atom is 0.228 e. The Hall–Kier alpha value is -1.66. The second-order valence-corrected chi connectivity index (χ2v) is 4.30. The lowest BCUT2D eigenvalue weighted by Gasteiger charge is -2.17. The number of rotatable bonds is 2. The Balaban J connectivity index is 2.29. The first-order valence-corrected chi connectivity index (χ1v) is 5.63. The second kappa shape index (κ2) is 4.68. The van der Waals surface area contributed by atoms with E-state index in [1.807, 2.05) is 0 Å². The van der Waals surface area contributed by atoms with E-state index in [1.54, 1.807) is 30.2 Å². The molecule has 0 aliphatic carbocycles. The highest BCUT2D eigenvalue weighted by Crippen LogP contribution is 2.33. The van der Waals surface area contributed by atoms with Crippen LogP contribution in [0.25, 0.3) is 0 Å². The first kappa shape index (κ1) is 11.8. The summed E-state index contributed by atoms with van der Waals surface area (Å²) in [5.41, 5.74) is 0.690. The Bertz CT molecular complexity index is 493. The molecule has 0 saturated carbocycles. The number of hydrogen-bond acceptors (Lipinski definition) is 2. The van der Waals surface area contributed by atoms with Crippen LogP contribution in [0.4, 0.5) is 5.69 Å². The summed E-state index contributed by atoms with van der Waals surface area (Å²) in [6.07, 6.45) is 5.73. The third kappa shape index (κ3) is 2.22. The van der Waals surface area contributed by atoms with Gasteiger partial charge in [-0.1, -0.05) is 11.6 Å². The maximum absolute atomic E-state index is 11.8. The third-order valence-electron chi connectivity index (χ3n) is 2.81. The lowest BCUT2D eigenvalue weighted by molar-refractivity contribution is -0.117. The number of halogens is 1. The van der Waals surface area contributed by atoms with Gasteiger partial charge in [-0.2, -0.15) is 0 Å². The number of methoxy groups -OCH3 is 1. The number of hydrogen-bond donors (Lipinski definition) is 0. The third-order valence-corrected chi connectivity index (χ3v) is 3.11. The number of terminal acetylenes is 1. The van der Waals surface area contributed by atoms with Gasteiger partial charge in [-0.15, -0.1) is 12.3 Å². The average molecular weight is 250 g/mol. The van der Waals surface area contributed by atoms with Crippen LogP contribution in [0.3, 0.4) is 0 Å². The molecule has 1 fully saturated rings. The molecule has 3 nitrogen and oxygen atoms in total. The Labute approximate surface area is 105 Å². The van der Waals surface area contributed by atoms with Crippen molar-refractivity contribution in [3.05, 3.63) is 23.2 Å². The molecule has 17 heavy (non-hydrogen) atoms. The van der Waals surface area contributed by atoms with Gasteiger partial charge in [0.25, 0.3) is 0 Å². The van der Waals surface area contributed by atoms with Crippen LogP contribution in [0.2, 0.25) is 5.02 Å². The molecule has 0 radical (unpaired) electrons.